The van der Waals surface area contributed by atoms with Crippen LogP contribution in [0.4, 0.5) is 4.79 Å². The van der Waals surface area contributed by atoms with Crippen LogP contribution >= 0.6 is 0 Å². The highest BCUT2D eigenvalue weighted by molar-refractivity contribution is 5.92. The number of hydroxylamine groups is 2. The molecule has 0 spiro atoms. The molecule has 0 N–H and O–H groups in total. The second-order valence-corrected chi connectivity index (χ2v) is 5.36. The summed E-state index contributed by atoms with van der Waals surface area (Å²) in [5.74, 6) is -0.343. The lowest BCUT2D eigenvalue weighted by molar-refractivity contribution is -0.182. The Kier molecular flexibility index (Phi) is 3.06. The minimum absolute atomic E-state index is 0.150. The molecule has 0 aromatic heterocycles. The number of carbonyl (C=O) groups is 2. The minimum Gasteiger partial charge on any atom is -0.452 e. The maximum Gasteiger partial charge on any atom is 0.434 e. The molecule has 1 amide bonds. The van der Waals surface area contributed by atoms with E-state index in [2.05, 4.69) is 0 Å². The number of fused-ring (bicyclic) bond motifs is 1. The molecule has 1 unspecified atom stereocenters. The van der Waals surface area contributed by atoms with Gasteiger partial charge in [-0.25, -0.2) is 9.59 Å². The Labute approximate surface area is 105 Å². The van der Waals surface area contributed by atoms with Gasteiger partial charge in [-0.2, -0.15) is 5.06 Å². The van der Waals surface area contributed by atoms with E-state index in [1.54, 1.807) is 27.7 Å². The van der Waals surface area contributed by atoms with Crippen LogP contribution in [-0.4, -0.2) is 42.0 Å². The quantitative estimate of drug-likeness (QED) is 0.612. The van der Waals surface area contributed by atoms with E-state index in [0.717, 1.165) is 10.6 Å². The number of esters is 1. The van der Waals surface area contributed by atoms with Crippen molar-refractivity contribution in [3.05, 3.63) is 11.1 Å². The molecule has 6 heteroatoms. The number of rotatable bonds is 0. The Morgan fingerprint density at radius 1 is 1.44 bits per heavy atom. The largest absolute Gasteiger partial charge is 0.452 e. The third-order valence-corrected chi connectivity index (χ3v) is 2.72. The molecule has 1 fully saturated rings. The fourth-order valence-electron chi connectivity index (χ4n) is 1.80. The maximum atomic E-state index is 11.8. The Balaban J connectivity index is 2.06. The number of carbonyl (C=O) groups excluding carboxylic acids is 2. The highest BCUT2D eigenvalue weighted by Gasteiger charge is 2.39. The molecule has 2 aliphatic heterocycles. The zero-order chi connectivity index (χ0) is 13.5. The van der Waals surface area contributed by atoms with Crippen LogP contribution in [0.1, 0.15) is 27.7 Å². The van der Waals surface area contributed by atoms with Crippen molar-refractivity contribution >= 4 is 12.1 Å². The van der Waals surface area contributed by atoms with Crippen molar-refractivity contribution in [3.8, 4) is 0 Å². The summed E-state index contributed by atoms with van der Waals surface area (Å²) < 4.78 is 10.3. The smallest absolute Gasteiger partial charge is 0.434 e. The summed E-state index contributed by atoms with van der Waals surface area (Å²) >= 11 is 0. The van der Waals surface area contributed by atoms with E-state index >= 15 is 0 Å². The molecule has 0 saturated carbocycles. The van der Waals surface area contributed by atoms with Gasteiger partial charge in [0.2, 0.25) is 0 Å². The minimum atomic E-state index is -0.581. The summed E-state index contributed by atoms with van der Waals surface area (Å²) in [6.45, 7) is 7.39. The predicted octanol–water partition coefficient (Wildman–Crippen LogP) is 1.41. The molecule has 0 aromatic carbocycles. The molecule has 0 aliphatic carbocycles. The molecule has 0 bridgehead atoms. The van der Waals surface area contributed by atoms with Gasteiger partial charge in [0, 0.05) is 11.1 Å². The third-order valence-electron chi connectivity index (χ3n) is 2.72. The molecular weight excluding hydrogens is 238 g/mol. The Bertz CT molecular complexity index is 421. The van der Waals surface area contributed by atoms with Gasteiger partial charge in [-0.15, -0.1) is 0 Å². The van der Waals surface area contributed by atoms with Gasteiger partial charge in [-0.3, -0.25) is 4.84 Å². The van der Waals surface area contributed by atoms with Crippen molar-refractivity contribution < 1.29 is 23.9 Å². The van der Waals surface area contributed by atoms with Crippen molar-refractivity contribution in [2.24, 2.45) is 0 Å². The number of amides is 1. The van der Waals surface area contributed by atoms with Gasteiger partial charge in [0.15, 0.2) is 6.10 Å². The van der Waals surface area contributed by atoms with E-state index in [4.69, 9.17) is 14.3 Å². The lowest BCUT2D eigenvalue weighted by Gasteiger charge is -2.31. The van der Waals surface area contributed by atoms with Crippen LogP contribution in [0.5, 0.6) is 0 Å². The van der Waals surface area contributed by atoms with E-state index in [0.29, 0.717) is 5.57 Å². The van der Waals surface area contributed by atoms with Gasteiger partial charge in [0.1, 0.15) is 12.2 Å². The van der Waals surface area contributed by atoms with E-state index in [1.165, 1.54) is 0 Å². The fraction of sp³-hybridized carbons (Fsp3) is 0.667. The van der Waals surface area contributed by atoms with Crippen LogP contribution in [-0.2, 0) is 19.1 Å². The van der Waals surface area contributed by atoms with Gasteiger partial charge in [-0.1, -0.05) is 0 Å². The van der Waals surface area contributed by atoms with Crippen molar-refractivity contribution in [1.82, 2.24) is 5.06 Å². The molecule has 2 heterocycles. The Morgan fingerprint density at radius 2 is 2.11 bits per heavy atom. The van der Waals surface area contributed by atoms with Crippen LogP contribution < -0.4 is 0 Å². The first-order valence-corrected chi connectivity index (χ1v) is 5.82. The summed E-state index contributed by atoms with van der Waals surface area (Å²) in [6, 6.07) is 0. The van der Waals surface area contributed by atoms with Crippen molar-refractivity contribution in [3.63, 3.8) is 0 Å². The molecule has 1 atom stereocenters. The van der Waals surface area contributed by atoms with Crippen LogP contribution in [0.3, 0.4) is 0 Å². The molecule has 0 radical (unpaired) electrons. The summed E-state index contributed by atoms with van der Waals surface area (Å²) in [5, 5.41) is 1.13. The van der Waals surface area contributed by atoms with Gasteiger partial charge < -0.3 is 9.47 Å². The molecule has 2 aliphatic rings. The zero-order valence-electron chi connectivity index (χ0n) is 11.0. The Hall–Kier alpha value is -1.56. The average Bonchev–Trinajstić information content (AvgIpc) is 2.52. The monoisotopic (exact) mass is 255 g/mol. The lowest BCUT2D eigenvalue weighted by atomic mass is 10.1. The van der Waals surface area contributed by atoms with E-state index in [-0.39, 0.29) is 25.2 Å². The number of nitrogens with zero attached hydrogens (tertiary/aromatic N) is 1. The summed E-state index contributed by atoms with van der Waals surface area (Å²) in [7, 11) is 0. The molecule has 0 aromatic rings. The highest BCUT2D eigenvalue weighted by atomic mass is 16.7. The topological polar surface area (TPSA) is 65.1 Å². The maximum absolute atomic E-state index is 11.8. The zero-order valence-corrected chi connectivity index (χ0v) is 11.0. The Morgan fingerprint density at radius 3 is 2.72 bits per heavy atom. The number of ether oxygens (including phenoxy) is 2. The first-order chi connectivity index (χ1) is 8.28. The third kappa shape index (κ3) is 2.48. The van der Waals surface area contributed by atoms with E-state index < -0.39 is 11.7 Å². The number of hydrogen-bond acceptors (Lipinski definition) is 5. The summed E-state index contributed by atoms with van der Waals surface area (Å²) in [5.41, 5.74) is 0.761. The van der Waals surface area contributed by atoms with Gasteiger partial charge >= 0.3 is 12.1 Å². The number of hydrogen-bond donors (Lipinski definition) is 0. The molecule has 6 nitrogen and oxygen atoms in total. The molecule has 1 saturated heterocycles. The average molecular weight is 255 g/mol. The molecule has 2 rings (SSSR count). The van der Waals surface area contributed by atoms with Gasteiger partial charge in [0.25, 0.3) is 0 Å². The standard InChI is InChI=1S/C12H17NO5/c1-7-8-5-13(11(15)18-12(2,3)4)16-6-9(8)17-10(7)14/h9H,5-6H2,1-4H3. The lowest BCUT2D eigenvalue weighted by Crippen LogP contribution is -2.44. The van der Waals surface area contributed by atoms with Gasteiger partial charge in [-0.05, 0) is 27.7 Å². The van der Waals surface area contributed by atoms with Crippen LogP contribution in [0, 0.1) is 0 Å². The molecular formula is C12H17NO5. The van der Waals surface area contributed by atoms with E-state index in [1.807, 2.05) is 0 Å². The van der Waals surface area contributed by atoms with Crippen molar-refractivity contribution in [2.75, 3.05) is 13.2 Å². The first kappa shape index (κ1) is 12.9. The first-order valence-electron chi connectivity index (χ1n) is 5.82. The summed E-state index contributed by atoms with van der Waals surface area (Å²) in [4.78, 5) is 28.4. The second-order valence-electron chi connectivity index (χ2n) is 5.36. The van der Waals surface area contributed by atoms with Gasteiger partial charge in [0.05, 0.1) is 6.54 Å². The van der Waals surface area contributed by atoms with Crippen molar-refractivity contribution in [2.45, 2.75) is 39.4 Å². The van der Waals surface area contributed by atoms with Crippen LogP contribution in [0.2, 0.25) is 0 Å². The molecule has 100 valence electrons. The summed E-state index contributed by atoms with van der Waals surface area (Å²) in [6.07, 6.45) is -0.920. The fourth-order valence-corrected chi connectivity index (χ4v) is 1.80. The molecule has 18 heavy (non-hydrogen) atoms. The predicted molar refractivity (Wildman–Crippen MR) is 61.5 cm³/mol. The normalized spacial score (nSPS) is 23.9. The van der Waals surface area contributed by atoms with E-state index in [9.17, 15) is 9.59 Å². The highest BCUT2D eigenvalue weighted by Crippen LogP contribution is 2.28. The second kappa shape index (κ2) is 4.28. The van der Waals surface area contributed by atoms with Crippen LogP contribution in [0.15, 0.2) is 11.1 Å². The van der Waals surface area contributed by atoms with Crippen molar-refractivity contribution in [1.29, 1.82) is 0 Å². The SMILES string of the molecule is CC1=C2CN(C(=O)OC(C)(C)C)OCC2OC1=O. The van der Waals surface area contributed by atoms with Crippen LogP contribution in [0.25, 0.3) is 0 Å².